The van der Waals surface area contributed by atoms with Gasteiger partial charge in [-0.1, -0.05) is 18.2 Å². The summed E-state index contributed by atoms with van der Waals surface area (Å²) in [7, 11) is 0. The van der Waals surface area contributed by atoms with Gasteiger partial charge >= 0.3 is 11.9 Å². The number of amides is 1. The number of benzene rings is 1. The van der Waals surface area contributed by atoms with Gasteiger partial charge in [-0.25, -0.2) is 9.59 Å². The molecule has 1 aromatic heterocycles. The maximum absolute atomic E-state index is 12.6. The summed E-state index contributed by atoms with van der Waals surface area (Å²) in [6.45, 7) is 4.70. The van der Waals surface area contributed by atoms with E-state index in [2.05, 4.69) is 5.32 Å². The summed E-state index contributed by atoms with van der Waals surface area (Å²) in [6, 6.07) is 7.67. The minimum Gasteiger partial charge on any atom is -0.464 e. The van der Waals surface area contributed by atoms with Crippen molar-refractivity contribution in [2.24, 2.45) is 0 Å². The van der Waals surface area contributed by atoms with Crippen molar-refractivity contribution in [1.82, 2.24) is 5.32 Å². The smallest absolute Gasteiger partial charge is 0.344 e. The molecule has 2 rings (SSSR count). The Kier molecular flexibility index (Phi) is 6.14. The molecule has 0 spiro atoms. The summed E-state index contributed by atoms with van der Waals surface area (Å²) < 4.78 is 11.2. The minimum absolute atomic E-state index is 0.0335. The maximum atomic E-state index is 12.6. The van der Waals surface area contributed by atoms with Gasteiger partial charge in [-0.2, -0.15) is 0 Å². The lowest BCUT2D eigenvalue weighted by atomic mass is 9.90. The molecule has 1 amide bonds. The van der Waals surface area contributed by atoms with Gasteiger partial charge in [-0.15, -0.1) is 11.3 Å². The topological polar surface area (TPSA) is 81.7 Å². The third-order valence-electron chi connectivity index (χ3n) is 3.65. The molecule has 0 unspecified atom stereocenters. The molecule has 1 aromatic carbocycles. The van der Waals surface area contributed by atoms with Crippen LogP contribution in [0.5, 0.6) is 0 Å². The van der Waals surface area contributed by atoms with Crippen molar-refractivity contribution in [2.75, 3.05) is 13.2 Å². The largest absolute Gasteiger partial charge is 0.464 e. The van der Waals surface area contributed by atoms with E-state index in [0.29, 0.717) is 0 Å². The highest BCUT2D eigenvalue weighted by atomic mass is 32.1. The van der Waals surface area contributed by atoms with Crippen molar-refractivity contribution in [2.45, 2.75) is 32.7 Å². The first kappa shape index (κ1) is 18.9. The number of hydrogen-bond acceptors (Lipinski definition) is 6. The van der Waals surface area contributed by atoms with Crippen LogP contribution < -0.4 is 5.32 Å². The Morgan fingerprint density at radius 2 is 1.68 bits per heavy atom. The second-order valence-electron chi connectivity index (χ2n) is 5.46. The molecule has 0 fully saturated rings. The number of hydrogen-bond donors (Lipinski definition) is 1. The number of carbonyl (C=O) groups is 3. The van der Waals surface area contributed by atoms with Gasteiger partial charge in [0.25, 0.3) is 0 Å². The van der Waals surface area contributed by atoms with Gasteiger partial charge in [-0.05, 0) is 36.2 Å². The molecular formula is C18H21NO5S. The molecule has 0 aliphatic heterocycles. The van der Waals surface area contributed by atoms with Crippen molar-refractivity contribution in [1.29, 1.82) is 0 Å². The van der Waals surface area contributed by atoms with Crippen molar-refractivity contribution in [3.8, 4) is 0 Å². The molecule has 0 saturated heterocycles. The minimum atomic E-state index is -1.90. The SMILES string of the molecule is CCOC(=O)C(Cc1csc2ccccc12)(NC(C)=O)C(=O)OCC. The van der Waals surface area contributed by atoms with Crippen LogP contribution >= 0.6 is 11.3 Å². The lowest BCUT2D eigenvalue weighted by Crippen LogP contribution is -2.62. The number of ether oxygens (including phenoxy) is 2. The Bertz CT molecular complexity index is 765. The molecule has 6 nitrogen and oxygen atoms in total. The van der Waals surface area contributed by atoms with Crippen LogP contribution in [0.3, 0.4) is 0 Å². The van der Waals surface area contributed by atoms with Gasteiger partial charge < -0.3 is 14.8 Å². The molecule has 1 heterocycles. The summed E-state index contributed by atoms with van der Waals surface area (Å²) in [5, 5.41) is 5.28. The van der Waals surface area contributed by atoms with Crippen LogP contribution in [-0.4, -0.2) is 36.6 Å². The number of rotatable bonds is 7. The first-order valence-electron chi connectivity index (χ1n) is 8.03. The molecule has 134 valence electrons. The van der Waals surface area contributed by atoms with E-state index in [1.807, 2.05) is 29.6 Å². The molecule has 0 aliphatic carbocycles. The van der Waals surface area contributed by atoms with E-state index >= 15 is 0 Å². The fourth-order valence-corrected chi connectivity index (χ4v) is 3.60. The van der Waals surface area contributed by atoms with Crippen LogP contribution in [0.1, 0.15) is 26.3 Å². The number of carbonyl (C=O) groups excluding carboxylic acids is 3. The van der Waals surface area contributed by atoms with E-state index in [4.69, 9.17) is 9.47 Å². The van der Waals surface area contributed by atoms with Gasteiger partial charge in [0.2, 0.25) is 11.4 Å². The zero-order valence-electron chi connectivity index (χ0n) is 14.5. The number of esters is 2. The van der Waals surface area contributed by atoms with Gasteiger partial charge in [-0.3, -0.25) is 4.79 Å². The second-order valence-corrected chi connectivity index (χ2v) is 6.37. The molecule has 7 heteroatoms. The highest BCUT2D eigenvalue weighted by molar-refractivity contribution is 7.17. The third kappa shape index (κ3) is 3.99. The van der Waals surface area contributed by atoms with Crippen molar-refractivity contribution < 1.29 is 23.9 Å². The molecule has 0 aliphatic rings. The Hall–Kier alpha value is -2.41. The van der Waals surface area contributed by atoms with Crippen molar-refractivity contribution in [3.05, 3.63) is 35.2 Å². The fourth-order valence-electron chi connectivity index (χ4n) is 2.64. The number of fused-ring (bicyclic) bond motifs is 1. The van der Waals surface area contributed by atoms with Gasteiger partial charge in [0, 0.05) is 18.0 Å². The maximum Gasteiger partial charge on any atom is 0.344 e. The Morgan fingerprint density at radius 3 is 2.24 bits per heavy atom. The van der Waals surface area contributed by atoms with Crippen molar-refractivity contribution >= 4 is 39.3 Å². The first-order valence-corrected chi connectivity index (χ1v) is 8.90. The van der Waals surface area contributed by atoms with Gasteiger partial charge in [0.05, 0.1) is 13.2 Å². The molecular weight excluding hydrogens is 342 g/mol. The summed E-state index contributed by atoms with van der Waals surface area (Å²) in [4.78, 5) is 37.0. The van der Waals surface area contributed by atoms with Crippen LogP contribution in [-0.2, 0) is 30.3 Å². The lowest BCUT2D eigenvalue weighted by Gasteiger charge is -2.29. The molecule has 1 N–H and O–H groups in total. The summed E-state index contributed by atoms with van der Waals surface area (Å²) >= 11 is 1.51. The predicted molar refractivity (Wildman–Crippen MR) is 95.3 cm³/mol. The van der Waals surface area contributed by atoms with Gasteiger partial charge in [0.15, 0.2) is 0 Å². The summed E-state index contributed by atoms with van der Waals surface area (Å²) in [5.41, 5.74) is -1.13. The molecule has 25 heavy (non-hydrogen) atoms. The first-order chi connectivity index (χ1) is 11.9. The predicted octanol–water partition coefficient (Wildman–Crippen LogP) is 2.44. The van der Waals surface area contributed by atoms with E-state index in [-0.39, 0.29) is 19.6 Å². The van der Waals surface area contributed by atoms with Crippen LogP contribution in [0.15, 0.2) is 29.6 Å². The van der Waals surface area contributed by atoms with E-state index in [9.17, 15) is 14.4 Å². The molecule has 0 saturated carbocycles. The number of thiophene rings is 1. The Balaban J connectivity index is 2.52. The highest BCUT2D eigenvalue weighted by Crippen LogP contribution is 2.29. The number of nitrogens with one attached hydrogen (secondary N) is 1. The standard InChI is InChI=1S/C18H21NO5S/c1-4-23-16(21)18(19-12(3)20,17(22)24-5-2)10-13-11-25-15-9-7-6-8-14(13)15/h6-9,11H,4-5,10H2,1-3H3,(H,19,20). The van der Waals surface area contributed by atoms with Gasteiger partial charge in [0.1, 0.15) is 0 Å². The molecule has 0 atom stereocenters. The van der Waals surface area contributed by atoms with Crippen LogP contribution in [0, 0.1) is 0 Å². The normalized spacial score (nSPS) is 11.2. The zero-order chi connectivity index (χ0) is 18.4. The molecule has 0 radical (unpaired) electrons. The van der Waals surface area contributed by atoms with Crippen LogP contribution in [0.4, 0.5) is 0 Å². The Morgan fingerprint density at radius 1 is 1.08 bits per heavy atom. The van der Waals surface area contributed by atoms with E-state index in [0.717, 1.165) is 15.6 Å². The lowest BCUT2D eigenvalue weighted by molar-refractivity contribution is -0.167. The summed E-state index contributed by atoms with van der Waals surface area (Å²) in [6.07, 6.45) is -0.0335. The third-order valence-corrected chi connectivity index (χ3v) is 4.67. The fraction of sp³-hybridized carbons (Fsp3) is 0.389. The summed E-state index contributed by atoms with van der Waals surface area (Å²) in [5.74, 6) is -2.15. The van der Waals surface area contributed by atoms with Crippen molar-refractivity contribution in [3.63, 3.8) is 0 Å². The average molecular weight is 363 g/mol. The van der Waals surface area contributed by atoms with E-state index < -0.39 is 23.4 Å². The van der Waals surface area contributed by atoms with E-state index in [1.54, 1.807) is 13.8 Å². The van der Waals surface area contributed by atoms with Crippen LogP contribution in [0.2, 0.25) is 0 Å². The quantitative estimate of drug-likeness (QED) is 0.604. The second kappa shape index (κ2) is 8.11. The molecule has 0 bridgehead atoms. The van der Waals surface area contributed by atoms with Crippen LogP contribution in [0.25, 0.3) is 10.1 Å². The van der Waals surface area contributed by atoms with E-state index in [1.165, 1.54) is 18.3 Å². The monoisotopic (exact) mass is 363 g/mol. The zero-order valence-corrected chi connectivity index (χ0v) is 15.3. The highest BCUT2D eigenvalue weighted by Gasteiger charge is 2.50. The Labute approximate surface area is 150 Å². The molecule has 2 aromatic rings. The average Bonchev–Trinajstić information content (AvgIpc) is 2.97.